The highest BCUT2D eigenvalue weighted by Gasteiger charge is 2.40. The van der Waals surface area contributed by atoms with E-state index in [2.05, 4.69) is 10.6 Å². The van der Waals surface area contributed by atoms with Gasteiger partial charge in [-0.1, -0.05) is 0 Å². The second kappa shape index (κ2) is 4.29. The van der Waals surface area contributed by atoms with Crippen molar-refractivity contribution in [1.82, 2.24) is 15.5 Å². The van der Waals surface area contributed by atoms with E-state index in [0.29, 0.717) is 24.9 Å². The zero-order chi connectivity index (χ0) is 11.8. The van der Waals surface area contributed by atoms with Crippen LogP contribution in [0.2, 0.25) is 0 Å². The fourth-order valence-corrected chi connectivity index (χ4v) is 3.36. The highest BCUT2D eigenvalue weighted by molar-refractivity contribution is 5.89. The van der Waals surface area contributed by atoms with Crippen LogP contribution in [0.4, 0.5) is 0 Å². The predicted molar refractivity (Wildman–Crippen MR) is 62.2 cm³/mol. The molecule has 3 fully saturated rings. The van der Waals surface area contributed by atoms with E-state index in [1.165, 1.54) is 6.42 Å². The Hall–Kier alpha value is -1.10. The minimum absolute atomic E-state index is 0.0152. The number of amides is 2. The third-order valence-corrected chi connectivity index (χ3v) is 4.29. The molecule has 94 valence electrons. The number of carbonyl (C=O) groups excluding carboxylic acids is 2. The van der Waals surface area contributed by atoms with Gasteiger partial charge in [0.1, 0.15) is 0 Å². The van der Waals surface area contributed by atoms with Gasteiger partial charge in [-0.3, -0.25) is 9.59 Å². The molecule has 3 heterocycles. The highest BCUT2D eigenvalue weighted by atomic mass is 16.2. The molecule has 3 rings (SSSR count). The minimum atomic E-state index is -0.123. The fraction of sp³-hybridized carbons (Fsp3) is 0.833. The van der Waals surface area contributed by atoms with E-state index in [1.807, 2.05) is 4.90 Å². The predicted octanol–water partition coefficient (Wildman–Crippen LogP) is -0.667. The molecule has 0 spiro atoms. The van der Waals surface area contributed by atoms with Crippen LogP contribution in [0, 0.1) is 11.8 Å². The molecule has 0 aromatic carbocycles. The van der Waals surface area contributed by atoms with Gasteiger partial charge in [-0.2, -0.15) is 0 Å². The first-order valence-corrected chi connectivity index (χ1v) is 6.53. The van der Waals surface area contributed by atoms with Crippen LogP contribution in [0.25, 0.3) is 0 Å². The molecule has 0 bridgehead atoms. The SMILES string of the molecule is O=C1CC(C(=O)N2CCCC3CNCC32)CN1. The van der Waals surface area contributed by atoms with Gasteiger partial charge in [0.2, 0.25) is 11.8 Å². The maximum atomic E-state index is 12.4. The summed E-state index contributed by atoms with van der Waals surface area (Å²) < 4.78 is 0. The number of carbonyl (C=O) groups is 2. The molecule has 3 aliphatic heterocycles. The zero-order valence-corrected chi connectivity index (χ0v) is 9.95. The van der Waals surface area contributed by atoms with Crippen LogP contribution < -0.4 is 10.6 Å². The number of fused-ring (bicyclic) bond motifs is 1. The van der Waals surface area contributed by atoms with E-state index in [0.717, 1.165) is 26.1 Å². The molecule has 3 atom stereocenters. The molecule has 0 aromatic rings. The number of likely N-dealkylation sites (tertiary alicyclic amines) is 1. The Morgan fingerprint density at radius 1 is 1.29 bits per heavy atom. The molecular formula is C12H19N3O2. The van der Waals surface area contributed by atoms with E-state index < -0.39 is 0 Å². The Morgan fingerprint density at radius 3 is 2.94 bits per heavy atom. The number of hydrogen-bond donors (Lipinski definition) is 2. The average Bonchev–Trinajstić information content (AvgIpc) is 2.95. The van der Waals surface area contributed by atoms with Gasteiger partial charge in [0.15, 0.2) is 0 Å². The summed E-state index contributed by atoms with van der Waals surface area (Å²) in [6.07, 6.45) is 2.70. The second-order valence-electron chi connectivity index (χ2n) is 5.36. The van der Waals surface area contributed by atoms with E-state index in [4.69, 9.17) is 0 Å². The number of rotatable bonds is 1. The average molecular weight is 237 g/mol. The van der Waals surface area contributed by atoms with E-state index >= 15 is 0 Å². The maximum absolute atomic E-state index is 12.4. The van der Waals surface area contributed by atoms with E-state index in [1.54, 1.807) is 0 Å². The van der Waals surface area contributed by atoms with Crippen molar-refractivity contribution < 1.29 is 9.59 Å². The Morgan fingerprint density at radius 2 is 2.18 bits per heavy atom. The second-order valence-corrected chi connectivity index (χ2v) is 5.36. The van der Waals surface area contributed by atoms with Gasteiger partial charge in [-0.05, 0) is 18.8 Å². The van der Waals surface area contributed by atoms with Crippen LogP contribution in [0.3, 0.4) is 0 Å². The van der Waals surface area contributed by atoms with Crippen LogP contribution >= 0.6 is 0 Å². The molecule has 3 saturated heterocycles. The maximum Gasteiger partial charge on any atom is 0.228 e. The molecule has 2 amide bonds. The topological polar surface area (TPSA) is 61.4 Å². The molecule has 3 aliphatic rings. The van der Waals surface area contributed by atoms with Crippen molar-refractivity contribution in [3.8, 4) is 0 Å². The largest absolute Gasteiger partial charge is 0.355 e. The zero-order valence-electron chi connectivity index (χ0n) is 9.95. The van der Waals surface area contributed by atoms with Gasteiger partial charge in [-0.15, -0.1) is 0 Å². The first kappa shape index (κ1) is 11.0. The summed E-state index contributed by atoms with van der Waals surface area (Å²) in [5.41, 5.74) is 0. The van der Waals surface area contributed by atoms with Gasteiger partial charge >= 0.3 is 0 Å². The third kappa shape index (κ3) is 1.92. The van der Waals surface area contributed by atoms with E-state index in [9.17, 15) is 9.59 Å². The number of piperidine rings is 1. The molecule has 2 N–H and O–H groups in total. The number of nitrogens with one attached hydrogen (secondary N) is 2. The summed E-state index contributed by atoms with van der Waals surface area (Å²) in [5.74, 6) is 0.697. The van der Waals surface area contributed by atoms with Crippen LogP contribution in [-0.4, -0.2) is 48.9 Å². The van der Waals surface area contributed by atoms with Gasteiger partial charge in [0.05, 0.1) is 5.92 Å². The first-order chi connectivity index (χ1) is 8.25. The van der Waals surface area contributed by atoms with Crippen LogP contribution in [0.1, 0.15) is 19.3 Å². The standard InChI is InChI=1S/C12H19N3O2/c16-11-4-9(6-14-11)12(17)15-3-1-2-8-5-13-7-10(8)15/h8-10,13H,1-7H2,(H,14,16). The molecule has 5 nitrogen and oxygen atoms in total. The van der Waals surface area contributed by atoms with Crippen molar-refractivity contribution in [2.45, 2.75) is 25.3 Å². The van der Waals surface area contributed by atoms with Crippen LogP contribution in [-0.2, 0) is 9.59 Å². The molecule has 5 heteroatoms. The minimum Gasteiger partial charge on any atom is -0.355 e. The van der Waals surface area contributed by atoms with Crippen molar-refractivity contribution in [1.29, 1.82) is 0 Å². The molecule has 17 heavy (non-hydrogen) atoms. The summed E-state index contributed by atoms with van der Waals surface area (Å²) >= 11 is 0. The quantitative estimate of drug-likeness (QED) is 0.636. The smallest absolute Gasteiger partial charge is 0.228 e. The van der Waals surface area contributed by atoms with Crippen molar-refractivity contribution in [3.63, 3.8) is 0 Å². The van der Waals surface area contributed by atoms with Crippen LogP contribution in [0.15, 0.2) is 0 Å². The van der Waals surface area contributed by atoms with Gasteiger partial charge in [-0.25, -0.2) is 0 Å². The Bertz CT molecular complexity index is 345. The summed E-state index contributed by atoms with van der Waals surface area (Å²) in [6, 6.07) is 0.368. The normalized spacial score (nSPS) is 36.8. The monoisotopic (exact) mass is 237 g/mol. The Kier molecular flexibility index (Phi) is 2.78. The van der Waals surface area contributed by atoms with Gasteiger partial charge in [0.25, 0.3) is 0 Å². The van der Waals surface area contributed by atoms with Gasteiger partial charge < -0.3 is 15.5 Å². The lowest BCUT2D eigenvalue weighted by Gasteiger charge is -2.38. The molecular weight excluding hydrogens is 218 g/mol. The molecule has 3 unspecified atom stereocenters. The van der Waals surface area contributed by atoms with Crippen molar-refractivity contribution in [2.24, 2.45) is 11.8 Å². The van der Waals surface area contributed by atoms with Gasteiger partial charge in [0, 0.05) is 38.6 Å². The molecule has 0 radical (unpaired) electrons. The first-order valence-electron chi connectivity index (χ1n) is 6.53. The fourth-order valence-electron chi connectivity index (χ4n) is 3.36. The summed E-state index contributed by atoms with van der Waals surface area (Å²) in [6.45, 7) is 3.35. The number of nitrogens with zero attached hydrogens (tertiary/aromatic N) is 1. The number of hydrogen-bond acceptors (Lipinski definition) is 3. The summed E-state index contributed by atoms with van der Waals surface area (Å²) in [4.78, 5) is 25.6. The molecule has 0 aliphatic carbocycles. The lowest BCUT2D eigenvalue weighted by molar-refractivity contribution is -0.140. The molecule has 0 saturated carbocycles. The summed E-state index contributed by atoms with van der Waals surface area (Å²) in [5, 5.41) is 6.12. The van der Waals surface area contributed by atoms with Crippen molar-refractivity contribution >= 4 is 11.8 Å². The van der Waals surface area contributed by atoms with E-state index in [-0.39, 0.29) is 17.7 Å². The third-order valence-electron chi connectivity index (χ3n) is 4.29. The van der Waals surface area contributed by atoms with Crippen molar-refractivity contribution in [3.05, 3.63) is 0 Å². The Labute approximate surface area is 101 Å². The summed E-state index contributed by atoms with van der Waals surface area (Å²) in [7, 11) is 0. The molecule has 0 aromatic heterocycles. The lowest BCUT2D eigenvalue weighted by atomic mass is 9.90. The van der Waals surface area contributed by atoms with Crippen LogP contribution in [0.5, 0.6) is 0 Å². The Balaban J connectivity index is 1.70. The lowest BCUT2D eigenvalue weighted by Crippen LogP contribution is -2.50. The van der Waals surface area contributed by atoms with Crippen molar-refractivity contribution in [2.75, 3.05) is 26.2 Å². The highest BCUT2D eigenvalue weighted by Crippen LogP contribution is 2.28.